The Bertz CT molecular complexity index is 967. The number of fused-ring (bicyclic) bond motifs is 1. The van der Waals surface area contributed by atoms with Gasteiger partial charge in [-0.2, -0.15) is 0 Å². The van der Waals surface area contributed by atoms with Crippen LogP contribution in [0.15, 0.2) is 60.7 Å². The van der Waals surface area contributed by atoms with E-state index in [1.165, 1.54) is 0 Å². The number of benzene rings is 3. The SMILES string of the molecule is COc1ccc(C(=O)NNC(=O)Cc2cccc3ccccc23)cc1I. The first kappa shape index (κ1) is 18.2. The van der Waals surface area contributed by atoms with Gasteiger partial charge in [0.1, 0.15) is 5.75 Å². The first-order valence-corrected chi connectivity index (χ1v) is 9.05. The predicted molar refractivity (Wildman–Crippen MR) is 109 cm³/mol. The van der Waals surface area contributed by atoms with Crippen LogP contribution in [0.1, 0.15) is 15.9 Å². The van der Waals surface area contributed by atoms with Crippen molar-refractivity contribution in [3.05, 3.63) is 75.4 Å². The van der Waals surface area contributed by atoms with Crippen LogP contribution in [0.3, 0.4) is 0 Å². The van der Waals surface area contributed by atoms with E-state index < -0.39 is 0 Å². The van der Waals surface area contributed by atoms with Crippen LogP contribution in [0.2, 0.25) is 0 Å². The number of hydrogen-bond donors (Lipinski definition) is 2. The summed E-state index contributed by atoms with van der Waals surface area (Å²) in [5, 5.41) is 2.11. The molecule has 0 spiro atoms. The number of ether oxygens (including phenoxy) is 1. The maximum absolute atomic E-state index is 12.2. The number of hydrazine groups is 1. The summed E-state index contributed by atoms with van der Waals surface area (Å²) in [4.78, 5) is 24.4. The van der Waals surface area contributed by atoms with Crippen LogP contribution in [0.4, 0.5) is 0 Å². The largest absolute Gasteiger partial charge is 0.496 e. The van der Waals surface area contributed by atoms with Gasteiger partial charge in [-0.15, -0.1) is 0 Å². The van der Waals surface area contributed by atoms with Crippen molar-refractivity contribution >= 4 is 45.2 Å². The van der Waals surface area contributed by atoms with Crippen LogP contribution in [-0.4, -0.2) is 18.9 Å². The molecule has 6 heteroatoms. The highest BCUT2D eigenvalue weighted by Crippen LogP contribution is 2.21. The summed E-state index contributed by atoms with van der Waals surface area (Å²) in [6.45, 7) is 0. The number of amides is 2. The number of carbonyl (C=O) groups excluding carboxylic acids is 2. The number of methoxy groups -OCH3 is 1. The van der Waals surface area contributed by atoms with Gasteiger partial charge >= 0.3 is 0 Å². The summed E-state index contributed by atoms with van der Waals surface area (Å²) in [6, 6.07) is 18.8. The Morgan fingerprint density at radius 3 is 2.54 bits per heavy atom. The van der Waals surface area contributed by atoms with Crippen molar-refractivity contribution in [2.24, 2.45) is 0 Å². The van der Waals surface area contributed by atoms with Gasteiger partial charge in [-0.25, -0.2) is 0 Å². The van der Waals surface area contributed by atoms with Crippen LogP contribution in [0.25, 0.3) is 10.8 Å². The molecule has 0 aromatic heterocycles. The van der Waals surface area contributed by atoms with E-state index in [-0.39, 0.29) is 18.2 Å². The average Bonchev–Trinajstić information content (AvgIpc) is 2.66. The second kappa shape index (κ2) is 8.18. The highest BCUT2D eigenvalue weighted by molar-refractivity contribution is 14.1. The number of carbonyl (C=O) groups is 2. The molecule has 0 radical (unpaired) electrons. The molecule has 2 N–H and O–H groups in total. The van der Waals surface area contributed by atoms with E-state index in [9.17, 15) is 9.59 Å². The molecule has 132 valence electrons. The molecule has 2 amide bonds. The first-order valence-electron chi connectivity index (χ1n) is 7.98. The predicted octanol–water partition coefficient (Wildman–Crippen LogP) is 3.46. The molecule has 0 saturated heterocycles. The van der Waals surface area contributed by atoms with E-state index in [0.717, 1.165) is 19.9 Å². The smallest absolute Gasteiger partial charge is 0.269 e. The molecule has 0 aliphatic heterocycles. The normalized spacial score (nSPS) is 10.4. The molecular formula is C20H17IN2O3. The summed E-state index contributed by atoms with van der Waals surface area (Å²) >= 11 is 2.09. The molecule has 26 heavy (non-hydrogen) atoms. The van der Waals surface area contributed by atoms with Crippen molar-refractivity contribution in [1.29, 1.82) is 0 Å². The fourth-order valence-electron chi connectivity index (χ4n) is 2.67. The topological polar surface area (TPSA) is 67.4 Å². The molecule has 3 aromatic rings. The quantitative estimate of drug-likeness (QED) is 0.463. The number of hydrogen-bond acceptors (Lipinski definition) is 3. The van der Waals surface area contributed by atoms with E-state index >= 15 is 0 Å². The molecular weight excluding hydrogens is 443 g/mol. The van der Waals surface area contributed by atoms with Crippen molar-refractivity contribution in [3.63, 3.8) is 0 Å². The van der Waals surface area contributed by atoms with Gasteiger partial charge in [-0.1, -0.05) is 42.5 Å². The Labute approximate surface area is 164 Å². The molecule has 0 saturated carbocycles. The number of rotatable bonds is 4. The maximum Gasteiger partial charge on any atom is 0.269 e. The summed E-state index contributed by atoms with van der Waals surface area (Å²) in [6.07, 6.45) is 0.182. The van der Waals surface area contributed by atoms with E-state index in [1.807, 2.05) is 42.5 Å². The standard InChI is InChI=1S/C20H17IN2O3/c1-26-18-10-9-15(11-17(18)21)20(25)23-22-19(24)12-14-7-4-6-13-5-2-3-8-16(13)14/h2-11H,12H2,1H3,(H,22,24)(H,23,25). The zero-order valence-electron chi connectivity index (χ0n) is 14.1. The van der Waals surface area contributed by atoms with Crippen molar-refractivity contribution in [1.82, 2.24) is 10.9 Å². The van der Waals surface area contributed by atoms with Crippen LogP contribution in [0.5, 0.6) is 5.75 Å². The Morgan fingerprint density at radius 1 is 1.00 bits per heavy atom. The minimum absolute atomic E-state index is 0.182. The third-order valence-electron chi connectivity index (χ3n) is 3.96. The lowest BCUT2D eigenvalue weighted by atomic mass is 10.0. The Hall–Kier alpha value is -2.61. The highest BCUT2D eigenvalue weighted by atomic mass is 127. The first-order chi connectivity index (χ1) is 12.6. The Morgan fingerprint density at radius 2 is 1.77 bits per heavy atom. The fraction of sp³-hybridized carbons (Fsp3) is 0.100. The van der Waals surface area contributed by atoms with Crippen molar-refractivity contribution < 1.29 is 14.3 Å². The minimum atomic E-state index is -0.378. The monoisotopic (exact) mass is 460 g/mol. The van der Waals surface area contributed by atoms with Crippen molar-refractivity contribution in [2.75, 3.05) is 7.11 Å². The molecule has 0 unspecified atom stereocenters. The zero-order chi connectivity index (χ0) is 18.5. The Kier molecular flexibility index (Phi) is 5.72. The summed E-state index contributed by atoms with van der Waals surface area (Å²) < 4.78 is 5.99. The zero-order valence-corrected chi connectivity index (χ0v) is 16.2. The second-order valence-corrected chi connectivity index (χ2v) is 6.83. The van der Waals surface area contributed by atoms with Crippen LogP contribution in [0, 0.1) is 3.57 Å². The van der Waals surface area contributed by atoms with Crippen molar-refractivity contribution in [2.45, 2.75) is 6.42 Å². The fourth-order valence-corrected chi connectivity index (χ4v) is 3.41. The molecule has 0 atom stereocenters. The summed E-state index contributed by atoms with van der Waals surface area (Å²) in [7, 11) is 1.57. The maximum atomic E-state index is 12.2. The lowest BCUT2D eigenvalue weighted by Crippen LogP contribution is -2.42. The third-order valence-corrected chi connectivity index (χ3v) is 4.80. The van der Waals surface area contributed by atoms with Crippen molar-refractivity contribution in [3.8, 4) is 5.75 Å². The van der Waals surface area contributed by atoms with Gasteiger partial charge in [-0.05, 0) is 57.1 Å². The molecule has 0 aliphatic carbocycles. The van der Waals surface area contributed by atoms with Crippen LogP contribution < -0.4 is 15.6 Å². The summed E-state index contributed by atoms with van der Waals surface area (Å²) in [5.41, 5.74) is 6.28. The van der Waals surface area contributed by atoms with Gasteiger partial charge < -0.3 is 4.74 Å². The molecule has 5 nitrogen and oxygen atoms in total. The lowest BCUT2D eigenvalue weighted by molar-refractivity contribution is -0.121. The Balaban J connectivity index is 1.63. The average molecular weight is 460 g/mol. The van der Waals surface area contributed by atoms with Gasteiger partial charge in [0.2, 0.25) is 5.91 Å². The third kappa shape index (κ3) is 4.13. The second-order valence-electron chi connectivity index (χ2n) is 5.67. The van der Waals surface area contributed by atoms with Gasteiger partial charge in [-0.3, -0.25) is 20.4 Å². The van der Waals surface area contributed by atoms with E-state index in [4.69, 9.17) is 4.74 Å². The van der Waals surface area contributed by atoms with E-state index in [2.05, 4.69) is 33.4 Å². The molecule has 0 fully saturated rings. The van der Waals surface area contributed by atoms with Gasteiger partial charge in [0, 0.05) is 5.56 Å². The number of nitrogens with one attached hydrogen (secondary N) is 2. The molecule has 3 rings (SSSR count). The van der Waals surface area contributed by atoms with Gasteiger partial charge in [0.05, 0.1) is 17.1 Å². The lowest BCUT2D eigenvalue weighted by Gasteiger charge is -2.10. The minimum Gasteiger partial charge on any atom is -0.496 e. The van der Waals surface area contributed by atoms with Gasteiger partial charge in [0.15, 0.2) is 0 Å². The molecule has 0 heterocycles. The summed E-state index contributed by atoms with van der Waals surface area (Å²) in [5.74, 6) is 0.0388. The highest BCUT2D eigenvalue weighted by Gasteiger charge is 2.11. The van der Waals surface area contributed by atoms with E-state index in [1.54, 1.807) is 25.3 Å². The molecule has 0 bridgehead atoms. The molecule has 3 aromatic carbocycles. The van der Waals surface area contributed by atoms with Gasteiger partial charge in [0.25, 0.3) is 5.91 Å². The molecule has 0 aliphatic rings. The van der Waals surface area contributed by atoms with E-state index in [0.29, 0.717) is 11.3 Å². The van der Waals surface area contributed by atoms with Crippen LogP contribution >= 0.6 is 22.6 Å². The number of halogens is 1. The van der Waals surface area contributed by atoms with Crippen LogP contribution in [-0.2, 0) is 11.2 Å².